The van der Waals surface area contributed by atoms with Gasteiger partial charge in [0.1, 0.15) is 6.04 Å². The Hall–Kier alpha value is -2.51. The summed E-state index contributed by atoms with van der Waals surface area (Å²) in [6.45, 7) is 2.27. The summed E-state index contributed by atoms with van der Waals surface area (Å²) in [6.07, 6.45) is 0. The summed E-state index contributed by atoms with van der Waals surface area (Å²) in [5, 5.41) is 3.04. The summed E-state index contributed by atoms with van der Waals surface area (Å²) in [5.41, 5.74) is 1.78. The van der Waals surface area contributed by atoms with Gasteiger partial charge in [0, 0.05) is 17.3 Å². The Balaban J connectivity index is 1.56. The molecule has 0 N–H and O–H groups in total. The van der Waals surface area contributed by atoms with Gasteiger partial charge < -0.3 is 4.90 Å². The third-order valence-corrected chi connectivity index (χ3v) is 6.25. The molecule has 0 aliphatic carbocycles. The maximum Gasteiger partial charge on any atom is 0.327 e. The number of carbonyl (C=O) groups is 2. The van der Waals surface area contributed by atoms with Gasteiger partial charge in [0.2, 0.25) is 0 Å². The Morgan fingerprint density at radius 2 is 1.88 bits per heavy atom. The zero-order chi connectivity index (χ0) is 18.3. The summed E-state index contributed by atoms with van der Waals surface area (Å²) < 4.78 is 0. The van der Waals surface area contributed by atoms with Crippen LogP contribution >= 0.6 is 22.7 Å². The number of rotatable bonds is 4. The van der Waals surface area contributed by atoms with E-state index in [0.29, 0.717) is 6.54 Å². The molecule has 5 nitrogen and oxygen atoms in total. The fourth-order valence-corrected chi connectivity index (χ4v) is 4.73. The molecular formula is C19H17N3O2S2. The van der Waals surface area contributed by atoms with E-state index in [1.165, 1.54) is 9.80 Å². The van der Waals surface area contributed by atoms with Crippen molar-refractivity contribution in [2.24, 2.45) is 0 Å². The molecule has 0 bridgehead atoms. The van der Waals surface area contributed by atoms with Crippen LogP contribution in [-0.2, 0) is 11.3 Å². The lowest BCUT2D eigenvalue weighted by molar-refractivity contribution is -0.128. The van der Waals surface area contributed by atoms with Gasteiger partial charge in [-0.3, -0.25) is 9.69 Å². The third-order valence-electron chi connectivity index (χ3n) is 4.38. The smallest absolute Gasteiger partial charge is 0.311 e. The molecule has 0 saturated carbocycles. The number of hydrogen-bond donors (Lipinski definition) is 0. The van der Waals surface area contributed by atoms with Crippen LogP contribution in [0.5, 0.6) is 0 Å². The van der Waals surface area contributed by atoms with E-state index in [9.17, 15) is 9.59 Å². The fourth-order valence-electron chi connectivity index (χ4n) is 3.09. The Morgan fingerprint density at radius 1 is 1.12 bits per heavy atom. The van der Waals surface area contributed by atoms with Crippen LogP contribution in [0, 0.1) is 6.92 Å². The SMILES string of the molecule is Cc1nc(-c2ccc(CN3C(=O)C(c4ccccc4)N(C)C3=O)s2)cs1. The first kappa shape index (κ1) is 16.9. The highest BCUT2D eigenvalue weighted by atomic mass is 32.1. The average Bonchev–Trinajstić information content (AvgIpc) is 3.32. The van der Waals surface area contributed by atoms with Crippen LogP contribution in [0.15, 0.2) is 47.8 Å². The summed E-state index contributed by atoms with van der Waals surface area (Å²) >= 11 is 3.18. The number of amides is 3. The minimum Gasteiger partial charge on any atom is -0.311 e. The van der Waals surface area contributed by atoms with Crippen molar-refractivity contribution in [3.05, 3.63) is 63.3 Å². The van der Waals surface area contributed by atoms with Gasteiger partial charge in [-0.1, -0.05) is 30.3 Å². The number of thiazole rings is 1. The molecule has 3 heterocycles. The average molecular weight is 383 g/mol. The highest BCUT2D eigenvalue weighted by Crippen LogP contribution is 2.33. The van der Waals surface area contributed by atoms with E-state index in [1.54, 1.807) is 29.7 Å². The standard InChI is InChI=1S/C19H17N3O2S2/c1-12-20-15(11-25-12)16-9-8-14(26-16)10-22-18(23)17(21(2)19(22)24)13-6-4-3-5-7-13/h3-9,11,17H,10H2,1-2H3. The van der Waals surface area contributed by atoms with Gasteiger partial charge in [-0.2, -0.15) is 0 Å². The molecular weight excluding hydrogens is 366 g/mol. The summed E-state index contributed by atoms with van der Waals surface area (Å²) in [4.78, 5) is 34.8. The second-order valence-electron chi connectivity index (χ2n) is 6.15. The molecule has 0 spiro atoms. The molecule has 7 heteroatoms. The summed E-state index contributed by atoms with van der Waals surface area (Å²) in [5.74, 6) is -0.178. The monoisotopic (exact) mass is 383 g/mol. The minimum absolute atomic E-state index is 0.178. The van der Waals surface area contributed by atoms with Crippen molar-refractivity contribution in [1.82, 2.24) is 14.8 Å². The molecule has 1 unspecified atom stereocenters. The van der Waals surface area contributed by atoms with Crippen molar-refractivity contribution in [3.63, 3.8) is 0 Å². The van der Waals surface area contributed by atoms with Gasteiger partial charge in [-0.05, 0) is 24.6 Å². The molecule has 3 amide bonds. The first-order chi connectivity index (χ1) is 12.5. The van der Waals surface area contributed by atoms with E-state index < -0.39 is 6.04 Å². The molecule has 1 fully saturated rings. The van der Waals surface area contributed by atoms with Gasteiger partial charge in [0.25, 0.3) is 5.91 Å². The quantitative estimate of drug-likeness (QED) is 0.631. The van der Waals surface area contributed by atoms with Crippen molar-refractivity contribution in [2.75, 3.05) is 7.05 Å². The number of likely N-dealkylation sites (N-methyl/N-ethyl adjacent to an activating group) is 1. The molecule has 26 heavy (non-hydrogen) atoms. The van der Waals surface area contributed by atoms with Gasteiger partial charge in [0.05, 0.1) is 22.1 Å². The Bertz CT molecular complexity index is 964. The Labute approximate surface area is 159 Å². The van der Waals surface area contributed by atoms with E-state index in [0.717, 1.165) is 26.0 Å². The normalized spacial score (nSPS) is 17.4. The first-order valence-electron chi connectivity index (χ1n) is 8.19. The molecule has 0 radical (unpaired) electrons. The molecule has 2 aromatic heterocycles. The van der Waals surface area contributed by atoms with Crippen LogP contribution in [0.4, 0.5) is 4.79 Å². The zero-order valence-electron chi connectivity index (χ0n) is 14.4. The second kappa shape index (κ2) is 6.66. The lowest BCUT2D eigenvalue weighted by Gasteiger charge is -2.15. The van der Waals surface area contributed by atoms with Gasteiger partial charge in [-0.25, -0.2) is 9.78 Å². The van der Waals surface area contributed by atoms with Crippen molar-refractivity contribution in [2.45, 2.75) is 19.5 Å². The van der Waals surface area contributed by atoms with Crippen molar-refractivity contribution in [1.29, 1.82) is 0 Å². The Morgan fingerprint density at radius 3 is 2.58 bits per heavy atom. The number of imide groups is 1. The highest BCUT2D eigenvalue weighted by Gasteiger charge is 2.43. The van der Waals surface area contributed by atoms with Crippen molar-refractivity contribution < 1.29 is 9.59 Å². The van der Waals surface area contributed by atoms with Crippen LogP contribution in [0.3, 0.4) is 0 Å². The minimum atomic E-state index is -0.552. The predicted octanol–water partition coefficient (Wildman–Crippen LogP) is 4.32. The predicted molar refractivity (Wildman–Crippen MR) is 103 cm³/mol. The van der Waals surface area contributed by atoms with Gasteiger partial charge in [-0.15, -0.1) is 22.7 Å². The van der Waals surface area contributed by atoms with Crippen LogP contribution in [0.1, 0.15) is 21.5 Å². The number of nitrogens with zero attached hydrogens (tertiary/aromatic N) is 3. The number of aryl methyl sites for hydroxylation is 1. The molecule has 1 atom stereocenters. The van der Waals surface area contributed by atoms with Crippen LogP contribution in [0.2, 0.25) is 0 Å². The number of aromatic nitrogens is 1. The maximum absolute atomic E-state index is 12.9. The molecule has 132 valence electrons. The number of carbonyl (C=O) groups excluding carboxylic acids is 2. The van der Waals surface area contributed by atoms with E-state index in [4.69, 9.17) is 0 Å². The van der Waals surface area contributed by atoms with Gasteiger partial charge in [0.15, 0.2) is 0 Å². The van der Waals surface area contributed by atoms with Crippen molar-refractivity contribution >= 4 is 34.6 Å². The topological polar surface area (TPSA) is 53.5 Å². The van der Waals surface area contributed by atoms with Crippen LogP contribution in [-0.4, -0.2) is 33.8 Å². The molecule has 1 aliphatic rings. The third kappa shape index (κ3) is 2.93. The zero-order valence-corrected chi connectivity index (χ0v) is 16.0. The van der Waals surface area contributed by atoms with Gasteiger partial charge >= 0.3 is 6.03 Å². The summed E-state index contributed by atoms with van der Waals surface area (Å²) in [7, 11) is 1.68. The van der Waals surface area contributed by atoms with Crippen LogP contribution < -0.4 is 0 Å². The molecule has 1 saturated heterocycles. The molecule has 1 aromatic carbocycles. The van der Waals surface area contributed by atoms with Crippen molar-refractivity contribution in [3.8, 4) is 10.6 Å². The van der Waals surface area contributed by atoms with E-state index in [-0.39, 0.29) is 11.9 Å². The largest absolute Gasteiger partial charge is 0.327 e. The van der Waals surface area contributed by atoms with E-state index in [2.05, 4.69) is 4.98 Å². The van der Waals surface area contributed by atoms with E-state index in [1.807, 2.05) is 54.8 Å². The van der Waals surface area contributed by atoms with Crippen LogP contribution in [0.25, 0.3) is 10.6 Å². The number of urea groups is 1. The summed E-state index contributed by atoms with van der Waals surface area (Å²) in [6, 6.07) is 12.6. The Kier molecular flexibility index (Phi) is 4.34. The maximum atomic E-state index is 12.9. The number of benzene rings is 1. The number of thiophene rings is 1. The fraction of sp³-hybridized carbons (Fsp3) is 0.211. The first-order valence-corrected chi connectivity index (χ1v) is 9.88. The van der Waals surface area contributed by atoms with E-state index >= 15 is 0 Å². The molecule has 3 aromatic rings. The molecule has 1 aliphatic heterocycles. The second-order valence-corrected chi connectivity index (χ2v) is 8.38. The lowest BCUT2D eigenvalue weighted by atomic mass is 10.1. The highest BCUT2D eigenvalue weighted by molar-refractivity contribution is 7.16. The molecule has 4 rings (SSSR count). The number of hydrogen-bond acceptors (Lipinski definition) is 5. The lowest BCUT2D eigenvalue weighted by Crippen LogP contribution is -2.30.